The van der Waals surface area contributed by atoms with Crippen molar-refractivity contribution in [1.82, 2.24) is 0 Å². The molecule has 0 aromatic heterocycles. The number of sulfone groups is 2. The van der Waals surface area contributed by atoms with E-state index in [1.165, 1.54) is 0 Å². The normalized spacial score (nSPS) is 11.5. The number of carbonyl (C=O) groups excluding carboxylic acids is 2. The third-order valence-corrected chi connectivity index (χ3v) is 10.7. The Morgan fingerprint density at radius 3 is 1.46 bits per heavy atom. The summed E-state index contributed by atoms with van der Waals surface area (Å²) >= 11 is 18.5. The maximum atomic E-state index is 12.3. The van der Waals surface area contributed by atoms with Crippen LogP contribution in [0.1, 0.15) is 5.56 Å². The van der Waals surface area contributed by atoms with Gasteiger partial charge in [0.25, 0.3) is 0 Å². The second-order valence-corrected chi connectivity index (χ2v) is 15.2. The minimum Gasteiger partial charge on any atom is -0.448 e. The summed E-state index contributed by atoms with van der Waals surface area (Å²) in [5.74, 6) is -1.50. The summed E-state index contributed by atoms with van der Waals surface area (Å²) < 4.78 is 59.0. The highest BCUT2D eigenvalue weighted by atomic mass is 35.5. The predicted octanol–water partition coefficient (Wildman–Crippen LogP) is 4.67. The molecule has 0 heterocycles. The molecule has 0 aliphatic heterocycles. The van der Waals surface area contributed by atoms with Crippen molar-refractivity contribution < 1.29 is 35.9 Å². The van der Waals surface area contributed by atoms with Gasteiger partial charge in [0.05, 0.1) is 37.9 Å². The molecule has 0 atom stereocenters. The summed E-state index contributed by atoms with van der Waals surface area (Å²) in [5.41, 5.74) is 2.52. The molecular weight excluding hydrogens is 643 g/mol. The molecule has 2 amide bonds. The lowest BCUT2D eigenvalue weighted by Crippen LogP contribution is -2.27. The number of amides is 2. The first kappa shape index (κ1) is 34.6. The van der Waals surface area contributed by atoms with E-state index in [0.717, 1.165) is 5.69 Å². The average molecular weight is 674 g/mol. The van der Waals surface area contributed by atoms with Crippen molar-refractivity contribution >= 4 is 89.4 Å². The van der Waals surface area contributed by atoms with Crippen LogP contribution < -0.4 is 20.4 Å². The highest BCUT2D eigenvalue weighted by Gasteiger charge is 2.24. The topological polar surface area (TPSA) is 151 Å². The largest absolute Gasteiger partial charge is 0.448 e. The lowest BCUT2D eigenvalue weighted by atomic mass is 10.1. The molecule has 2 N–H and O–H groups in total. The number of hydrogen-bond acceptors (Lipinski definition) is 10. The average Bonchev–Trinajstić information content (AvgIpc) is 2.82. The number of hydrogen-bond donors (Lipinski definition) is 2. The van der Waals surface area contributed by atoms with Gasteiger partial charge in [0, 0.05) is 39.6 Å². The molecule has 0 bridgehead atoms. The summed E-state index contributed by atoms with van der Waals surface area (Å²) in [4.78, 5) is 27.8. The van der Waals surface area contributed by atoms with Gasteiger partial charge in [-0.05, 0) is 36.8 Å². The summed E-state index contributed by atoms with van der Waals surface area (Å²) in [5, 5.41) is 4.08. The summed E-state index contributed by atoms with van der Waals surface area (Å²) in [7, 11) is -1.16. The molecule has 0 saturated heterocycles. The minimum atomic E-state index is -4.19. The first-order chi connectivity index (χ1) is 18.9. The molecule has 228 valence electrons. The molecular formula is C24H31Cl3N4O8S2. The van der Waals surface area contributed by atoms with Crippen molar-refractivity contribution in [2.24, 2.45) is 0 Å². The van der Waals surface area contributed by atoms with Crippen molar-refractivity contribution in [2.45, 2.75) is 6.92 Å². The number of rotatable bonds is 12. The van der Waals surface area contributed by atoms with Crippen molar-refractivity contribution in [3.63, 3.8) is 0 Å². The molecule has 0 saturated carbocycles. The highest BCUT2D eigenvalue weighted by molar-refractivity contribution is 8.08. The van der Waals surface area contributed by atoms with E-state index in [0.29, 0.717) is 16.9 Å². The van der Waals surface area contributed by atoms with Crippen LogP contribution in [0.15, 0.2) is 24.3 Å². The first-order valence-electron chi connectivity index (χ1n) is 11.8. The van der Waals surface area contributed by atoms with Gasteiger partial charge in [0.2, 0.25) is 0 Å². The lowest BCUT2D eigenvalue weighted by Gasteiger charge is -2.17. The Balaban J connectivity index is 1.82. The Morgan fingerprint density at radius 2 is 1.07 bits per heavy atom. The fourth-order valence-electron chi connectivity index (χ4n) is 3.27. The van der Waals surface area contributed by atoms with Crippen molar-refractivity contribution in [3.05, 3.63) is 44.9 Å². The van der Waals surface area contributed by atoms with Crippen molar-refractivity contribution in [3.8, 4) is 0 Å². The van der Waals surface area contributed by atoms with E-state index in [4.69, 9.17) is 44.3 Å². The Labute approximate surface area is 254 Å². The van der Waals surface area contributed by atoms with Gasteiger partial charge in [-0.15, -0.1) is 0 Å². The summed E-state index contributed by atoms with van der Waals surface area (Å²) in [6.07, 6.45) is -1.99. The highest BCUT2D eigenvalue weighted by Crippen LogP contribution is 2.35. The SMILES string of the molecule is Cc1cc(N(C)C)cc(Cl)c1NC(=O)OCCS(=O)(=O)CS(=O)(=O)CCOC(=O)Nc1c(Cl)cc(N(C)C)cc1Cl. The van der Waals surface area contributed by atoms with Crippen LogP contribution in [0.2, 0.25) is 15.1 Å². The number of anilines is 4. The third kappa shape index (κ3) is 10.9. The maximum absolute atomic E-state index is 12.3. The second kappa shape index (κ2) is 14.5. The molecule has 2 aromatic carbocycles. The predicted molar refractivity (Wildman–Crippen MR) is 164 cm³/mol. The Morgan fingerprint density at radius 1 is 0.707 bits per heavy atom. The monoisotopic (exact) mass is 672 g/mol. The number of nitrogens with one attached hydrogen (secondary N) is 2. The van der Waals surface area contributed by atoms with Crippen LogP contribution in [0.3, 0.4) is 0 Å². The number of carbonyl (C=O) groups is 2. The molecule has 0 fully saturated rings. The number of nitrogens with zero attached hydrogens (tertiary/aromatic N) is 2. The zero-order valence-corrected chi connectivity index (χ0v) is 26.9. The van der Waals surface area contributed by atoms with Gasteiger partial charge in [-0.1, -0.05) is 34.8 Å². The fraction of sp³-hybridized carbons (Fsp3) is 0.417. The van der Waals surface area contributed by atoms with Crippen molar-refractivity contribution in [1.29, 1.82) is 0 Å². The van der Waals surface area contributed by atoms with Crippen LogP contribution in [0.25, 0.3) is 0 Å². The van der Waals surface area contributed by atoms with Crippen LogP contribution >= 0.6 is 34.8 Å². The van der Waals surface area contributed by atoms with Gasteiger partial charge < -0.3 is 19.3 Å². The number of halogens is 3. The van der Waals surface area contributed by atoms with E-state index in [-0.39, 0.29) is 20.8 Å². The van der Waals surface area contributed by atoms with Crippen LogP contribution in [0.5, 0.6) is 0 Å². The Bertz CT molecular complexity index is 1340. The molecule has 41 heavy (non-hydrogen) atoms. The molecule has 0 unspecified atom stereocenters. The zero-order valence-electron chi connectivity index (χ0n) is 23.0. The van der Waals surface area contributed by atoms with Gasteiger partial charge in [0.15, 0.2) is 24.8 Å². The molecule has 0 aliphatic carbocycles. The third-order valence-electron chi connectivity index (χ3n) is 5.40. The van der Waals surface area contributed by atoms with E-state index >= 15 is 0 Å². The van der Waals surface area contributed by atoms with E-state index in [2.05, 4.69) is 10.6 Å². The molecule has 2 aromatic rings. The van der Waals surface area contributed by atoms with E-state index in [1.54, 1.807) is 50.2 Å². The molecule has 0 spiro atoms. The number of ether oxygens (including phenoxy) is 2. The maximum Gasteiger partial charge on any atom is 0.411 e. The van der Waals surface area contributed by atoms with E-state index in [1.807, 2.05) is 19.0 Å². The molecule has 12 nitrogen and oxygen atoms in total. The summed E-state index contributed by atoms with van der Waals surface area (Å²) in [6, 6.07) is 6.55. The Hall–Kier alpha value is -2.65. The summed E-state index contributed by atoms with van der Waals surface area (Å²) in [6.45, 7) is 0.507. The zero-order chi connectivity index (χ0) is 31.1. The lowest BCUT2D eigenvalue weighted by molar-refractivity contribution is 0.167. The van der Waals surface area contributed by atoms with Crippen LogP contribution in [-0.4, -0.2) is 87.0 Å². The van der Waals surface area contributed by atoms with Gasteiger partial charge in [-0.25, -0.2) is 26.4 Å². The first-order valence-corrected chi connectivity index (χ1v) is 16.6. The number of aryl methyl sites for hydroxylation is 1. The molecule has 0 aliphatic rings. The smallest absolute Gasteiger partial charge is 0.411 e. The fourth-order valence-corrected chi connectivity index (χ4v) is 7.95. The van der Waals surface area contributed by atoms with Gasteiger partial charge in [-0.3, -0.25) is 10.6 Å². The van der Waals surface area contributed by atoms with E-state index in [9.17, 15) is 26.4 Å². The Kier molecular flexibility index (Phi) is 12.2. The van der Waals surface area contributed by atoms with Crippen molar-refractivity contribution in [2.75, 3.05) is 78.4 Å². The number of benzene rings is 2. The van der Waals surface area contributed by atoms with Crippen LogP contribution in [0, 0.1) is 6.92 Å². The van der Waals surface area contributed by atoms with Gasteiger partial charge in [0.1, 0.15) is 13.2 Å². The van der Waals surface area contributed by atoms with Crippen LogP contribution in [0.4, 0.5) is 32.3 Å². The van der Waals surface area contributed by atoms with Gasteiger partial charge in [-0.2, -0.15) is 0 Å². The van der Waals surface area contributed by atoms with Crippen LogP contribution in [-0.2, 0) is 29.1 Å². The second-order valence-electron chi connectivity index (χ2n) is 9.23. The quantitative estimate of drug-likeness (QED) is 0.325. The molecule has 0 radical (unpaired) electrons. The van der Waals surface area contributed by atoms with E-state index < -0.39 is 61.7 Å². The van der Waals surface area contributed by atoms with Gasteiger partial charge >= 0.3 is 12.2 Å². The molecule has 2 rings (SSSR count). The minimum absolute atomic E-state index is 0.0708. The standard InChI is InChI=1S/C24H31Cl3N4O8S2/c1-15-10-16(30(2)3)11-18(25)21(15)28-23(32)38-6-8-40(34,35)14-41(36,37)9-7-39-24(33)29-22-19(26)12-17(31(4)5)13-20(22)27/h10-13H,6-9,14H2,1-5H3,(H,28,32)(H,29,33). The molecule has 17 heteroatoms.